The highest BCUT2D eigenvalue weighted by Crippen LogP contribution is 2.18. The van der Waals surface area contributed by atoms with Crippen LogP contribution in [0.1, 0.15) is 20.9 Å². The molecule has 0 saturated heterocycles. The fraction of sp³-hybridized carbons (Fsp3) is 0.200. The van der Waals surface area contributed by atoms with Crippen LogP contribution in [0.3, 0.4) is 0 Å². The van der Waals surface area contributed by atoms with Crippen LogP contribution in [0.4, 0.5) is 0 Å². The van der Waals surface area contributed by atoms with Crippen molar-refractivity contribution in [2.24, 2.45) is 7.05 Å². The van der Waals surface area contributed by atoms with Crippen LogP contribution in [0.2, 0.25) is 0 Å². The number of amides is 1. The average Bonchev–Trinajstić information content (AvgIpc) is 3.04. The predicted molar refractivity (Wildman–Crippen MR) is 82.2 cm³/mol. The Kier molecular flexibility index (Phi) is 4.59. The van der Waals surface area contributed by atoms with Crippen LogP contribution < -0.4 is 0 Å². The molecule has 6 heteroatoms. The molecule has 5 nitrogen and oxygen atoms in total. The van der Waals surface area contributed by atoms with Crippen LogP contribution in [0.15, 0.2) is 35.9 Å². The monoisotopic (exact) mass is 304 g/mol. The van der Waals surface area contributed by atoms with Crippen LogP contribution in [-0.2, 0) is 18.4 Å². The van der Waals surface area contributed by atoms with Gasteiger partial charge in [0.05, 0.1) is 6.54 Å². The summed E-state index contributed by atoms with van der Waals surface area (Å²) in [5.41, 5.74) is 1.47. The Balaban J connectivity index is 2.03. The second-order valence-electron chi connectivity index (χ2n) is 4.68. The van der Waals surface area contributed by atoms with E-state index in [9.17, 15) is 9.59 Å². The smallest absolute Gasteiger partial charge is 0.328 e. The van der Waals surface area contributed by atoms with E-state index in [0.717, 1.165) is 16.5 Å². The van der Waals surface area contributed by atoms with Crippen LogP contribution in [0, 0.1) is 0 Å². The SMILES string of the molecule is CN(Cc1cc(C=CC(=O)O)cs1)C(=O)c1cccn1C. The summed E-state index contributed by atoms with van der Waals surface area (Å²) in [5, 5.41) is 10.5. The summed E-state index contributed by atoms with van der Waals surface area (Å²) in [6.07, 6.45) is 4.48. The number of carboxylic acid groups (broad SMARTS) is 1. The minimum absolute atomic E-state index is 0.0430. The van der Waals surface area contributed by atoms with E-state index in [0.29, 0.717) is 12.2 Å². The number of carboxylic acids is 1. The number of thiophene rings is 1. The van der Waals surface area contributed by atoms with Crippen molar-refractivity contribution in [2.75, 3.05) is 7.05 Å². The Morgan fingerprint density at radius 1 is 1.48 bits per heavy atom. The summed E-state index contributed by atoms with van der Waals surface area (Å²) in [5.74, 6) is -1.02. The maximum atomic E-state index is 12.3. The molecule has 2 rings (SSSR count). The van der Waals surface area contributed by atoms with Gasteiger partial charge in [-0.05, 0) is 35.2 Å². The van der Waals surface area contributed by atoms with Crippen LogP contribution in [0.5, 0.6) is 0 Å². The fourth-order valence-corrected chi connectivity index (χ4v) is 2.83. The van der Waals surface area contributed by atoms with E-state index in [2.05, 4.69) is 0 Å². The van der Waals surface area contributed by atoms with Gasteiger partial charge in [-0.2, -0.15) is 0 Å². The molecule has 0 unspecified atom stereocenters. The molecule has 0 aromatic carbocycles. The zero-order chi connectivity index (χ0) is 15.4. The molecular formula is C15H16N2O3S. The van der Waals surface area contributed by atoms with Gasteiger partial charge in [0.1, 0.15) is 5.69 Å². The molecule has 0 fully saturated rings. The fourth-order valence-electron chi connectivity index (χ4n) is 1.92. The lowest BCUT2D eigenvalue weighted by molar-refractivity contribution is -0.131. The molecule has 0 aliphatic carbocycles. The summed E-state index contributed by atoms with van der Waals surface area (Å²) < 4.78 is 1.79. The number of nitrogens with zero attached hydrogens (tertiary/aromatic N) is 2. The summed E-state index contributed by atoms with van der Waals surface area (Å²) in [7, 11) is 3.59. The van der Waals surface area contributed by atoms with E-state index in [1.807, 2.05) is 30.8 Å². The molecule has 0 saturated carbocycles. The molecule has 2 heterocycles. The number of aromatic nitrogens is 1. The number of rotatable bonds is 5. The van der Waals surface area contributed by atoms with E-state index in [-0.39, 0.29) is 5.91 Å². The van der Waals surface area contributed by atoms with Crippen molar-refractivity contribution in [3.63, 3.8) is 0 Å². The average molecular weight is 304 g/mol. The number of carbonyl (C=O) groups excluding carboxylic acids is 1. The molecule has 0 bridgehead atoms. The number of carbonyl (C=O) groups is 2. The first-order chi connectivity index (χ1) is 9.97. The first-order valence-corrected chi connectivity index (χ1v) is 7.20. The van der Waals surface area contributed by atoms with Crippen molar-refractivity contribution >= 4 is 29.3 Å². The largest absolute Gasteiger partial charge is 0.478 e. The molecule has 1 amide bonds. The van der Waals surface area contributed by atoms with Crippen molar-refractivity contribution in [1.29, 1.82) is 0 Å². The van der Waals surface area contributed by atoms with Gasteiger partial charge in [-0.3, -0.25) is 4.79 Å². The maximum Gasteiger partial charge on any atom is 0.328 e. The van der Waals surface area contributed by atoms with Crippen molar-refractivity contribution < 1.29 is 14.7 Å². The Morgan fingerprint density at radius 3 is 2.86 bits per heavy atom. The van der Waals surface area contributed by atoms with Gasteiger partial charge >= 0.3 is 5.97 Å². The number of aryl methyl sites for hydroxylation is 1. The van der Waals surface area contributed by atoms with Gasteiger partial charge in [0.15, 0.2) is 0 Å². The molecule has 0 spiro atoms. The second kappa shape index (κ2) is 6.41. The molecule has 0 radical (unpaired) electrons. The molecule has 0 atom stereocenters. The van der Waals surface area contributed by atoms with Gasteiger partial charge in [0.25, 0.3) is 5.91 Å². The normalized spacial score (nSPS) is 11.0. The highest BCUT2D eigenvalue weighted by Gasteiger charge is 2.15. The van der Waals surface area contributed by atoms with Gasteiger partial charge in [-0.1, -0.05) is 0 Å². The Hall–Kier alpha value is -2.34. The van der Waals surface area contributed by atoms with Crippen molar-refractivity contribution in [3.8, 4) is 0 Å². The number of hydrogen-bond donors (Lipinski definition) is 1. The number of hydrogen-bond acceptors (Lipinski definition) is 3. The molecule has 0 aliphatic heterocycles. The maximum absolute atomic E-state index is 12.3. The minimum Gasteiger partial charge on any atom is -0.478 e. The first kappa shape index (κ1) is 15.1. The van der Waals surface area contributed by atoms with Crippen LogP contribution >= 0.6 is 11.3 Å². The molecule has 1 N–H and O–H groups in total. The molecular weight excluding hydrogens is 288 g/mol. The van der Waals surface area contributed by atoms with E-state index in [1.54, 1.807) is 28.7 Å². The van der Waals surface area contributed by atoms with Gasteiger partial charge in [-0.25, -0.2) is 4.79 Å². The lowest BCUT2D eigenvalue weighted by Crippen LogP contribution is -2.27. The number of aliphatic carboxylic acids is 1. The second-order valence-corrected chi connectivity index (χ2v) is 5.68. The van der Waals surface area contributed by atoms with Gasteiger partial charge in [0.2, 0.25) is 0 Å². The van der Waals surface area contributed by atoms with Gasteiger partial charge in [-0.15, -0.1) is 11.3 Å². The Morgan fingerprint density at radius 2 is 2.24 bits per heavy atom. The van der Waals surface area contributed by atoms with Crippen molar-refractivity contribution in [2.45, 2.75) is 6.54 Å². The van der Waals surface area contributed by atoms with Crippen LogP contribution in [-0.4, -0.2) is 33.5 Å². The van der Waals surface area contributed by atoms with Crippen molar-refractivity contribution in [3.05, 3.63) is 52.0 Å². The first-order valence-electron chi connectivity index (χ1n) is 6.32. The molecule has 110 valence electrons. The van der Waals surface area contributed by atoms with Gasteiger partial charge < -0.3 is 14.6 Å². The molecule has 2 aromatic rings. The quantitative estimate of drug-likeness (QED) is 0.863. The van der Waals surface area contributed by atoms with Crippen molar-refractivity contribution in [1.82, 2.24) is 9.47 Å². The topological polar surface area (TPSA) is 62.5 Å². The molecule has 0 aliphatic rings. The highest BCUT2D eigenvalue weighted by molar-refractivity contribution is 7.10. The van der Waals surface area contributed by atoms with E-state index in [4.69, 9.17) is 5.11 Å². The minimum atomic E-state index is -0.973. The lowest BCUT2D eigenvalue weighted by atomic mass is 10.2. The Labute approximate surface area is 126 Å². The molecule has 2 aromatic heterocycles. The molecule has 21 heavy (non-hydrogen) atoms. The van der Waals surface area contributed by atoms with Gasteiger partial charge in [0, 0.05) is 31.2 Å². The summed E-state index contributed by atoms with van der Waals surface area (Å²) in [6.45, 7) is 0.496. The zero-order valence-corrected chi connectivity index (χ0v) is 12.6. The standard InChI is InChI=1S/C15H16N2O3S/c1-16-7-3-4-13(16)15(20)17(2)9-12-8-11(10-21-12)5-6-14(18)19/h3-8,10H,9H2,1-2H3,(H,18,19). The lowest BCUT2D eigenvalue weighted by Gasteiger charge is -2.16. The van der Waals surface area contributed by atoms with Crippen LogP contribution in [0.25, 0.3) is 6.08 Å². The van der Waals surface area contributed by atoms with E-state index in [1.165, 1.54) is 11.3 Å². The van der Waals surface area contributed by atoms with E-state index < -0.39 is 5.97 Å². The highest BCUT2D eigenvalue weighted by atomic mass is 32.1. The third-order valence-corrected chi connectivity index (χ3v) is 3.93. The summed E-state index contributed by atoms with van der Waals surface area (Å²) >= 11 is 1.50. The third-order valence-electron chi connectivity index (χ3n) is 2.99. The summed E-state index contributed by atoms with van der Waals surface area (Å²) in [6, 6.07) is 5.51. The zero-order valence-electron chi connectivity index (χ0n) is 11.8. The third kappa shape index (κ3) is 3.82. The predicted octanol–water partition coefficient (Wildman–Crippen LogP) is 2.46. The summed E-state index contributed by atoms with van der Waals surface area (Å²) in [4.78, 5) is 25.4. The van der Waals surface area contributed by atoms with E-state index >= 15 is 0 Å². The Bertz CT molecular complexity index is 685.